The molecule has 0 bridgehead atoms. The Labute approximate surface area is 286 Å². The van der Waals surface area contributed by atoms with E-state index in [1.807, 2.05) is 44.7 Å². The van der Waals surface area contributed by atoms with Gasteiger partial charge in [-0.25, -0.2) is 14.4 Å². The molecule has 1 aromatic carbocycles. The van der Waals surface area contributed by atoms with Crippen LogP contribution in [0.5, 0.6) is 11.6 Å². The number of methoxy groups -OCH3 is 1. The molecule has 12 heteroatoms. The first-order valence-corrected chi connectivity index (χ1v) is 17.4. The van der Waals surface area contributed by atoms with Crippen molar-refractivity contribution in [1.29, 1.82) is 0 Å². The van der Waals surface area contributed by atoms with Crippen molar-refractivity contribution in [2.75, 3.05) is 69.1 Å². The highest BCUT2D eigenvalue weighted by Gasteiger charge is 2.55. The van der Waals surface area contributed by atoms with E-state index in [0.717, 1.165) is 56.1 Å². The fraction of sp³-hybridized carbons (Fsp3) is 0.486. The van der Waals surface area contributed by atoms with Crippen molar-refractivity contribution < 1.29 is 13.9 Å². The van der Waals surface area contributed by atoms with Crippen LogP contribution in [-0.4, -0.2) is 85.5 Å². The molecule has 0 radical (unpaired) electrons. The van der Waals surface area contributed by atoms with Gasteiger partial charge in [0, 0.05) is 82.4 Å². The summed E-state index contributed by atoms with van der Waals surface area (Å²) in [6.45, 7) is 6.84. The molecule has 11 nitrogen and oxygen atoms in total. The summed E-state index contributed by atoms with van der Waals surface area (Å²) in [5.74, 6) is 2.54. The van der Waals surface area contributed by atoms with Crippen LogP contribution in [-0.2, 0) is 13.1 Å². The third-order valence-electron chi connectivity index (χ3n) is 11.1. The zero-order valence-electron chi connectivity index (χ0n) is 28.7. The second kappa shape index (κ2) is 12.8. The topological polar surface area (TPSA) is 100 Å². The van der Waals surface area contributed by atoms with E-state index in [1.165, 1.54) is 6.07 Å². The van der Waals surface area contributed by atoms with Gasteiger partial charge in [0.25, 0.3) is 0 Å². The molecule has 2 saturated heterocycles. The maximum atomic E-state index is 16.1. The van der Waals surface area contributed by atoms with Gasteiger partial charge in [0.05, 0.1) is 35.9 Å². The Kier molecular flexibility index (Phi) is 8.31. The number of benzene rings is 1. The number of halogens is 1. The highest BCUT2D eigenvalue weighted by Crippen LogP contribution is 2.50. The summed E-state index contributed by atoms with van der Waals surface area (Å²) in [4.78, 5) is 30.1. The van der Waals surface area contributed by atoms with E-state index in [0.29, 0.717) is 71.4 Å². The predicted octanol–water partition coefficient (Wildman–Crippen LogP) is 4.26. The van der Waals surface area contributed by atoms with Crippen molar-refractivity contribution >= 4 is 28.1 Å². The van der Waals surface area contributed by atoms with Crippen LogP contribution in [0.25, 0.3) is 10.9 Å². The minimum Gasteiger partial charge on any atom is -0.487 e. The van der Waals surface area contributed by atoms with Crippen molar-refractivity contribution in [3.63, 3.8) is 0 Å². The number of piperidine rings is 2. The summed E-state index contributed by atoms with van der Waals surface area (Å²) in [5.41, 5.74) is 3.82. The molecular formula is C37H45FN8O3. The van der Waals surface area contributed by atoms with Gasteiger partial charge in [0.1, 0.15) is 18.1 Å². The number of nitrogens with one attached hydrogen (secondary N) is 2. The van der Waals surface area contributed by atoms with Gasteiger partial charge in [0.15, 0.2) is 17.0 Å². The van der Waals surface area contributed by atoms with E-state index in [9.17, 15) is 4.79 Å². The molecule has 3 fully saturated rings. The molecule has 4 aliphatic rings. The van der Waals surface area contributed by atoms with Gasteiger partial charge in [-0.1, -0.05) is 0 Å². The predicted molar refractivity (Wildman–Crippen MR) is 189 cm³/mol. The molecule has 0 spiro atoms. The van der Waals surface area contributed by atoms with Crippen molar-refractivity contribution in [2.24, 2.45) is 11.8 Å². The summed E-state index contributed by atoms with van der Waals surface area (Å²) in [5, 5.41) is 6.85. The summed E-state index contributed by atoms with van der Waals surface area (Å²) in [7, 11) is 5.48. The maximum absolute atomic E-state index is 16.1. The SMILES string of the molecule is CNc1ccc(N2CCCC(N(Cc3ccnc(OC)c3)Cc3cn4c5c(c(N6CC7C(C6)C7NC)c(F)cc5c3=O)OCC4C)C2)cn1. The second-order valence-corrected chi connectivity index (χ2v) is 14.0. The number of hydrogen-bond acceptors (Lipinski definition) is 10. The van der Waals surface area contributed by atoms with E-state index in [1.54, 1.807) is 13.3 Å². The third kappa shape index (κ3) is 5.74. The lowest BCUT2D eigenvalue weighted by Crippen LogP contribution is -2.48. The van der Waals surface area contributed by atoms with E-state index in [2.05, 4.69) is 52.9 Å². The van der Waals surface area contributed by atoms with E-state index in [-0.39, 0.29) is 23.3 Å². The molecular weight excluding hydrogens is 623 g/mol. The lowest BCUT2D eigenvalue weighted by Gasteiger charge is -2.40. The number of nitrogens with zero attached hydrogens (tertiary/aromatic N) is 6. The van der Waals surface area contributed by atoms with E-state index in [4.69, 9.17) is 9.47 Å². The third-order valence-corrected chi connectivity index (χ3v) is 11.1. The molecule has 1 aliphatic carbocycles. The Morgan fingerprint density at radius 3 is 2.65 bits per heavy atom. The van der Waals surface area contributed by atoms with Gasteiger partial charge in [-0.15, -0.1) is 0 Å². The standard InChI is InChI=1S/C37H45FN8O3/c1-22-21-49-37-34-27(13-30(38)35(37)45-19-28-29(20-45)33(28)40-3)36(47)24(17-46(22)34)16-44(15-23-9-10-41-32(12-23)48-4)26-6-5-11-43(18-26)25-7-8-31(39-2)42-14-25/h7-10,12-14,17,22,26,28-29,33,40H,5-6,11,15-16,18-21H2,1-4H3,(H,39,42). The van der Waals surface area contributed by atoms with Gasteiger partial charge < -0.3 is 34.5 Å². The molecule has 3 aromatic heterocycles. The fourth-order valence-electron chi connectivity index (χ4n) is 8.45. The molecule has 6 heterocycles. The molecule has 0 amide bonds. The van der Waals surface area contributed by atoms with Crippen LogP contribution in [0.4, 0.5) is 21.6 Å². The zero-order valence-corrected chi connectivity index (χ0v) is 28.7. The number of anilines is 3. The lowest BCUT2D eigenvalue weighted by molar-refractivity contribution is 0.157. The summed E-state index contributed by atoms with van der Waals surface area (Å²) in [6.07, 6.45) is 7.68. The fourth-order valence-corrected chi connectivity index (χ4v) is 8.45. The van der Waals surface area contributed by atoms with Gasteiger partial charge in [-0.2, -0.15) is 0 Å². The minimum absolute atomic E-state index is 0.00974. The Bertz CT molecular complexity index is 1910. The van der Waals surface area contributed by atoms with Crippen LogP contribution in [0.15, 0.2) is 53.7 Å². The maximum Gasteiger partial charge on any atom is 0.213 e. The number of pyridine rings is 3. The first kappa shape index (κ1) is 31.8. The monoisotopic (exact) mass is 668 g/mol. The Balaban J connectivity index is 1.15. The Morgan fingerprint density at radius 2 is 1.92 bits per heavy atom. The average molecular weight is 669 g/mol. The van der Waals surface area contributed by atoms with Crippen LogP contribution in [0.2, 0.25) is 0 Å². The highest BCUT2D eigenvalue weighted by atomic mass is 19.1. The number of rotatable bonds is 10. The van der Waals surface area contributed by atoms with Crippen molar-refractivity contribution in [1.82, 2.24) is 24.8 Å². The Hall–Kier alpha value is -4.42. The number of aromatic nitrogens is 3. The number of ether oxygens (including phenoxy) is 2. The van der Waals surface area contributed by atoms with Crippen LogP contribution >= 0.6 is 0 Å². The average Bonchev–Trinajstić information content (AvgIpc) is 3.61. The van der Waals surface area contributed by atoms with Crippen LogP contribution < -0.4 is 35.3 Å². The zero-order chi connectivity index (χ0) is 33.8. The second-order valence-electron chi connectivity index (χ2n) is 14.0. The Morgan fingerprint density at radius 1 is 1.08 bits per heavy atom. The molecule has 3 aliphatic heterocycles. The summed E-state index contributed by atoms with van der Waals surface area (Å²) in [6, 6.07) is 10.2. The smallest absolute Gasteiger partial charge is 0.213 e. The first-order valence-electron chi connectivity index (χ1n) is 17.4. The number of hydrogen-bond donors (Lipinski definition) is 2. The van der Waals surface area contributed by atoms with Crippen molar-refractivity contribution in [3.05, 3.63) is 76.1 Å². The van der Waals surface area contributed by atoms with Crippen molar-refractivity contribution in [3.8, 4) is 11.6 Å². The van der Waals surface area contributed by atoms with Crippen LogP contribution in [0, 0.1) is 17.7 Å². The van der Waals surface area contributed by atoms with E-state index < -0.39 is 0 Å². The molecule has 8 rings (SSSR count). The molecule has 1 saturated carbocycles. The minimum atomic E-state index is -0.387. The molecule has 2 N–H and O–H groups in total. The summed E-state index contributed by atoms with van der Waals surface area (Å²) < 4.78 is 30.0. The summed E-state index contributed by atoms with van der Waals surface area (Å²) >= 11 is 0. The molecule has 4 atom stereocenters. The number of fused-ring (bicyclic) bond motifs is 1. The van der Waals surface area contributed by atoms with Crippen LogP contribution in [0.3, 0.4) is 0 Å². The van der Waals surface area contributed by atoms with Crippen LogP contribution in [0.1, 0.15) is 36.9 Å². The van der Waals surface area contributed by atoms with Gasteiger partial charge >= 0.3 is 0 Å². The van der Waals surface area contributed by atoms with Gasteiger partial charge in [-0.05, 0) is 68.5 Å². The molecule has 4 unspecified atom stereocenters. The molecule has 49 heavy (non-hydrogen) atoms. The lowest BCUT2D eigenvalue weighted by atomic mass is 10.0. The normalized spacial score (nSPS) is 24.2. The van der Waals surface area contributed by atoms with Crippen molar-refractivity contribution in [2.45, 2.75) is 51.0 Å². The van der Waals surface area contributed by atoms with Gasteiger partial charge in [0.2, 0.25) is 5.88 Å². The molecule has 258 valence electrons. The molecule has 4 aromatic rings. The van der Waals surface area contributed by atoms with Gasteiger partial charge in [-0.3, -0.25) is 9.69 Å². The highest BCUT2D eigenvalue weighted by molar-refractivity contribution is 5.92. The van der Waals surface area contributed by atoms with E-state index >= 15 is 4.39 Å². The quantitative estimate of drug-likeness (QED) is 0.255. The largest absolute Gasteiger partial charge is 0.487 e. The first-order chi connectivity index (χ1) is 23.9.